The number of nitrogens with zero attached hydrogens (tertiary/aromatic N) is 1. The van der Waals surface area contributed by atoms with Crippen molar-refractivity contribution in [2.75, 3.05) is 13.1 Å². The van der Waals surface area contributed by atoms with Crippen LogP contribution in [0, 0.1) is 5.82 Å². The van der Waals surface area contributed by atoms with Crippen LogP contribution in [-0.4, -0.2) is 30.0 Å². The van der Waals surface area contributed by atoms with E-state index in [1.165, 1.54) is 19.1 Å². The van der Waals surface area contributed by atoms with Crippen molar-refractivity contribution in [2.45, 2.75) is 81.3 Å². The SMILES string of the molecule is CC(OC(=O)C1(c2ccccc2)CCC(N2CCC(c3ccc(F)cc3)CC2)CC1)c1cc(C(F)(F)F)cc(C(F)(F)F)c1. The van der Waals surface area contributed by atoms with Crippen molar-refractivity contribution in [3.63, 3.8) is 0 Å². The van der Waals surface area contributed by atoms with Crippen molar-refractivity contribution < 1.29 is 40.3 Å². The average Bonchev–Trinajstić information content (AvgIpc) is 3.01. The van der Waals surface area contributed by atoms with Gasteiger partial charge >= 0.3 is 18.3 Å². The Morgan fingerprint density at radius 1 is 0.818 bits per heavy atom. The maximum atomic E-state index is 13.9. The van der Waals surface area contributed by atoms with Crippen molar-refractivity contribution in [1.82, 2.24) is 4.90 Å². The molecule has 0 amide bonds. The van der Waals surface area contributed by atoms with Crippen molar-refractivity contribution in [1.29, 1.82) is 0 Å². The molecular formula is C34H34F7NO2. The Labute approximate surface area is 252 Å². The van der Waals surface area contributed by atoms with E-state index >= 15 is 0 Å². The van der Waals surface area contributed by atoms with Crippen LogP contribution in [0.15, 0.2) is 72.8 Å². The molecule has 3 aromatic rings. The molecule has 0 spiro atoms. The van der Waals surface area contributed by atoms with E-state index < -0.39 is 41.0 Å². The lowest BCUT2D eigenvalue weighted by Crippen LogP contribution is -2.48. The summed E-state index contributed by atoms with van der Waals surface area (Å²) in [5.74, 6) is -0.566. The highest BCUT2D eigenvalue weighted by molar-refractivity contribution is 5.83. The molecule has 236 valence electrons. The van der Waals surface area contributed by atoms with E-state index in [2.05, 4.69) is 4.90 Å². The van der Waals surface area contributed by atoms with E-state index in [1.54, 1.807) is 12.1 Å². The maximum Gasteiger partial charge on any atom is 0.416 e. The Morgan fingerprint density at radius 2 is 1.36 bits per heavy atom. The smallest absolute Gasteiger partial charge is 0.416 e. The minimum atomic E-state index is -5.00. The number of benzene rings is 3. The monoisotopic (exact) mass is 621 g/mol. The molecule has 2 aliphatic rings. The Hall–Kier alpha value is -3.40. The number of ether oxygens (including phenoxy) is 1. The van der Waals surface area contributed by atoms with Crippen LogP contribution in [0.25, 0.3) is 0 Å². The molecule has 1 aliphatic heterocycles. The highest BCUT2D eigenvalue weighted by Crippen LogP contribution is 2.44. The fourth-order valence-corrected chi connectivity index (χ4v) is 6.72. The molecule has 1 aliphatic carbocycles. The molecule has 44 heavy (non-hydrogen) atoms. The summed E-state index contributed by atoms with van der Waals surface area (Å²) in [6.45, 7) is 3.02. The Balaban J connectivity index is 1.31. The molecule has 0 N–H and O–H groups in total. The zero-order valence-corrected chi connectivity index (χ0v) is 24.2. The predicted molar refractivity (Wildman–Crippen MR) is 151 cm³/mol. The number of alkyl halides is 6. The summed E-state index contributed by atoms with van der Waals surface area (Å²) >= 11 is 0. The largest absolute Gasteiger partial charge is 0.457 e. The maximum absolute atomic E-state index is 13.9. The van der Waals surface area contributed by atoms with E-state index in [1.807, 2.05) is 30.3 Å². The van der Waals surface area contributed by atoms with Crippen LogP contribution in [0.1, 0.15) is 85.3 Å². The predicted octanol–water partition coefficient (Wildman–Crippen LogP) is 9.23. The number of rotatable bonds is 6. The lowest BCUT2D eigenvalue weighted by molar-refractivity contribution is -0.158. The average molecular weight is 622 g/mol. The fraction of sp³-hybridized carbons (Fsp3) is 0.441. The van der Waals surface area contributed by atoms with Gasteiger partial charge in [-0.15, -0.1) is 0 Å². The van der Waals surface area contributed by atoms with Crippen molar-refractivity contribution in [3.05, 3.63) is 106 Å². The molecule has 1 unspecified atom stereocenters. The van der Waals surface area contributed by atoms with Gasteiger partial charge in [0.05, 0.1) is 16.5 Å². The van der Waals surface area contributed by atoms with E-state index in [0.717, 1.165) is 31.5 Å². The number of halogens is 7. The van der Waals surface area contributed by atoms with Gasteiger partial charge in [-0.3, -0.25) is 4.79 Å². The van der Waals surface area contributed by atoms with E-state index in [9.17, 15) is 35.5 Å². The van der Waals surface area contributed by atoms with Gasteiger partial charge in [-0.05, 0) is 111 Å². The number of esters is 1. The third kappa shape index (κ3) is 6.95. The van der Waals surface area contributed by atoms with Crippen molar-refractivity contribution in [3.8, 4) is 0 Å². The third-order valence-corrected chi connectivity index (χ3v) is 9.28. The first kappa shape index (κ1) is 32.0. The van der Waals surface area contributed by atoms with Crippen LogP contribution >= 0.6 is 0 Å². The first-order chi connectivity index (χ1) is 20.8. The Bertz CT molecular complexity index is 1390. The van der Waals surface area contributed by atoms with Gasteiger partial charge in [0.15, 0.2) is 0 Å². The number of carbonyl (C=O) groups excluding carboxylic acids is 1. The molecule has 10 heteroatoms. The van der Waals surface area contributed by atoms with Gasteiger partial charge in [0.2, 0.25) is 0 Å². The third-order valence-electron chi connectivity index (χ3n) is 9.28. The highest BCUT2D eigenvalue weighted by Gasteiger charge is 2.46. The second kappa shape index (κ2) is 12.5. The van der Waals surface area contributed by atoms with Crippen LogP contribution in [0.2, 0.25) is 0 Å². The first-order valence-corrected chi connectivity index (χ1v) is 14.8. The topological polar surface area (TPSA) is 29.5 Å². The molecule has 3 aromatic carbocycles. The van der Waals surface area contributed by atoms with Gasteiger partial charge < -0.3 is 9.64 Å². The fourth-order valence-electron chi connectivity index (χ4n) is 6.72. The summed E-state index contributed by atoms with van der Waals surface area (Å²) in [5.41, 5.74) is -2.52. The molecule has 0 aromatic heterocycles. The number of carbonyl (C=O) groups is 1. The number of hydrogen-bond donors (Lipinski definition) is 0. The Morgan fingerprint density at radius 3 is 1.89 bits per heavy atom. The molecule has 0 bridgehead atoms. The highest BCUT2D eigenvalue weighted by atomic mass is 19.4. The molecule has 0 radical (unpaired) electrons. The molecule has 1 saturated carbocycles. The van der Waals surface area contributed by atoms with Crippen LogP contribution in [0.3, 0.4) is 0 Å². The van der Waals surface area contributed by atoms with Gasteiger partial charge in [-0.2, -0.15) is 26.3 Å². The van der Waals surface area contributed by atoms with E-state index in [0.29, 0.717) is 49.3 Å². The minimum absolute atomic E-state index is 0.0627. The van der Waals surface area contributed by atoms with Gasteiger partial charge in [-0.1, -0.05) is 42.5 Å². The van der Waals surface area contributed by atoms with E-state index in [-0.39, 0.29) is 23.5 Å². The van der Waals surface area contributed by atoms with Gasteiger partial charge in [0, 0.05) is 6.04 Å². The summed E-state index contributed by atoms with van der Waals surface area (Å²) in [6.07, 6.45) is -7.25. The summed E-state index contributed by atoms with van der Waals surface area (Å²) in [5, 5.41) is 0. The number of hydrogen-bond acceptors (Lipinski definition) is 3. The van der Waals surface area contributed by atoms with Gasteiger partial charge in [0.1, 0.15) is 11.9 Å². The second-order valence-electron chi connectivity index (χ2n) is 11.9. The lowest BCUT2D eigenvalue weighted by Gasteiger charge is -2.44. The number of likely N-dealkylation sites (tertiary alicyclic amines) is 1. The first-order valence-electron chi connectivity index (χ1n) is 14.8. The summed E-state index contributed by atoms with van der Waals surface area (Å²) in [4.78, 5) is 16.3. The lowest BCUT2D eigenvalue weighted by atomic mass is 9.67. The normalized spacial score (nSPS) is 22.9. The zero-order chi connectivity index (χ0) is 31.7. The van der Waals surface area contributed by atoms with Crippen LogP contribution < -0.4 is 0 Å². The van der Waals surface area contributed by atoms with Gasteiger partial charge in [0.25, 0.3) is 0 Å². The zero-order valence-electron chi connectivity index (χ0n) is 24.2. The van der Waals surface area contributed by atoms with Crippen LogP contribution in [0.5, 0.6) is 0 Å². The summed E-state index contributed by atoms with van der Waals surface area (Å²) in [7, 11) is 0. The molecule has 5 rings (SSSR count). The minimum Gasteiger partial charge on any atom is -0.457 e. The molecule has 2 fully saturated rings. The molecular weight excluding hydrogens is 587 g/mol. The van der Waals surface area contributed by atoms with Gasteiger partial charge in [-0.25, -0.2) is 4.39 Å². The van der Waals surface area contributed by atoms with Crippen molar-refractivity contribution in [2.24, 2.45) is 0 Å². The van der Waals surface area contributed by atoms with Crippen LogP contribution in [-0.2, 0) is 27.3 Å². The molecule has 1 saturated heterocycles. The van der Waals surface area contributed by atoms with E-state index in [4.69, 9.17) is 4.74 Å². The summed E-state index contributed by atoms with van der Waals surface area (Å²) in [6, 6.07) is 17.2. The quantitative estimate of drug-likeness (QED) is 0.203. The standard InChI is InChI=1S/C34H34F7NO2/c1-22(25-19-27(33(36,37)38)21-28(20-25)34(39,40)41)44-31(43)32(26-5-3-2-4-6-26)15-11-30(12-16-32)42-17-13-24(14-18-42)23-7-9-29(35)10-8-23/h2-10,19-22,24,30H,11-18H2,1H3. The second-order valence-corrected chi connectivity index (χ2v) is 11.9. The van der Waals surface area contributed by atoms with Crippen molar-refractivity contribution >= 4 is 5.97 Å². The molecule has 1 atom stereocenters. The number of piperidine rings is 1. The Kier molecular flexibility index (Phi) is 9.12. The molecule has 1 heterocycles. The molecule has 3 nitrogen and oxygen atoms in total. The summed E-state index contributed by atoms with van der Waals surface area (Å²) < 4.78 is 99.8. The van der Waals surface area contributed by atoms with Crippen LogP contribution in [0.4, 0.5) is 30.7 Å².